The third kappa shape index (κ3) is 3.05. The van der Waals surface area contributed by atoms with Crippen LogP contribution in [0.5, 0.6) is 5.75 Å². The average Bonchev–Trinajstić information content (AvgIpc) is 2.91. The fourth-order valence-corrected chi connectivity index (χ4v) is 3.30. The van der Waals surface area contributed by atoms with Crippen LogP contribution in [-0.2, 0) is 9.53 Å². The smallest absolute Gasteiger partial charge is 0.312 e. The van der Waals surface area contributed by atoms with Gasteiger partial charge in [-0.2, -0.15) is 0 Å². The zero-order valence-corrected chi connectivity index (χ0v) is 14.9. The quantitative estimate of drug-likeness (QED) is 0.707. The van der Waals surface area contributed by atoms with Crippen molar-refractivity contribution in [1.29, 1.82) is 0 Å². The number of hydrogen-bond donors (Lipinski definition) is 1. The van der Waals surface area contributed by atoms with E-state index in [0.717, 1.165) is 12.1 Å². The van der Waals surface area contributed by atoms with Gasteiger partial charge in [0.1, 0.15) is 5.82 Å². The first-order valence-electron chi connectivity index (χ1n) is 8.17. The first-order valence-corrected chi connectivity index (χ1v) is 8.17. The SMILES string of the molecule is COC(=O)C(C)c1c(C)n(C(=O)c2cccc(F)c2)c2cc(F)c(O)cc12. The number of fused-ring (bicyclic) bond motifs is 1. The lowest BCUT2D eigenvalue weighted by Crippen LogP contribution is -2.16. The van der Waals surface area contributed by atoms with Gasteiger partial charge in [-0.25, -0.2) is 8.78 Å². The molecule has 0 amide bonds. The van der Waals surface area contributed by atoms with E-state index in [-0.39, 0.29) is 11.1 Å². The molecule has 1 atom stereocenters. The summed E-state index contributed by atoms with van der Waals surface area (Å²) in [5.74, 6) is -3.97. The van der Waals surface area contributed by atoms with Crippen LogP contribution in [-0.4, -0.2) is 28.7 Å². The molecule has 0 saturated heterocycles. The van der Waals surface area contributed by atoms with Gasteiger partial charge in [-0.1, -0.05) is 6.07 Å². The Morgan fingerprint density at radius 3 is 2.52 bits per heavy atom. The molecule has 3 rings (SSSR count). The Labute approximate surface area is 153 Å². The molecule has 2 aromatic carbocycles. The minimum atomic E-state index is -0.912. The van der Waals surface area contributed by atoms with E-state index in [1.165, 1.54) is 35.9 Å². The molecule has 0 bridgehead atoms. The third-order valence-corrected chi connectivity index (χ3v) is 4.58. The van der Waals surface area contributed by atoms with Gasteiger partial charge in [0.05, 0.1) is 18.5 Å². The molecule has 0 aliphatic heterocycles. The molecule has 140 valence electrons. The summed E-state index contributed by atoms with van der Waals surface area (Å²) in [6.45, 7) is 3.19. The van der Waals surface area contributed by atoms with Crippen LogP contribution < -0.4 is 0 Å². The summed E-state index contributed by atoms with van der Waals surface area (Å²) >= 11 is 0. The number of aromatic nitrogens is 1. The molecule has 5 nitrogen and oxygen atoms in total. The molecule has 0 radical (unpaired) electrons. The van der Waals surface area contributed by atoms with Crippen molar-refractivity contribution >= 4 is 22.8 Å². The van der Waals surface area contributed by atoms with Gasteiger partial charge in [0.15, 0.2) is 11.6 Å². The lowest BCUT2D eigenvalue weighted by atomic mass is 9.98. The van der Waals surface area contributed by atoms with Gasteiger partial charge < -0.3 is 9.84 Å². The molecule has 27 heavy (non-hydrogen) atoms. The van der Waals surface area contributed by atoms with Gasteiger partial charge in [-0.15, -0.1) is 0 Å². The summed E-state index contributed by atoms with van der Waals surface area (Å²) in [5.41, 5.74) is 1.04. The fraction of sp³-hybridized carbons (Fsp3) is 0.200. The number of phenols is 1. The lowest BCUT2D eigenvalue weighted by molar-refractivity contribution is -0.141. The van der Waals surface area contributed by atoms with Crippen molar-refractivity contribution in [2.24, 2.45) is 0 Å². The maximum Gasteiger partial charge on any atom is 0.312 e. The van der Waals surface area contributed by atoms with E-state index in [4.69, 9.17) is 4.74 Å². The summed E-state index contributed by atoms with van der Waals surface area (Å²) in [6, 6.07) is 7.31. The van der Waals surface area contributed by atoms with E-state index in [1.54, 1.807) is 13.8 Å². The standard InChI is InChI=1S/C20H17F2NO4/c1-10(20(26)27-3)18-11(2)23(16-9-15(22)17(24)8-14(16)18)19(25)12-5-4-6-13(21)7-12/h4-10,24H,1-3H3. The topological polar surface area (TPSA) is 68.5 Å². The second-order valence-electron chi connectivity index (χ2n) is 6.22. The Kier molecular flexibility index (Phi) is 4.70. The van der Waals surface area contributed by atoms with Crippen LogP contribution in [0.15, 0.2) is 36.4 Å². The van der Waals surface area contributed by atoms with Gasteiger partial charge in [-0.3, -0.25) is 14.2 Å². The number of benzene rings is 2. The monoisotopic (exact) mass is 373 g/mol. The van der Waals surface area contributed by atoms with E-state index < -0.39 is 35.2 Å². The van der Waals surface area contributed by atoms with Crippen molar-refractivity contribution in [2.45, 2.75) is 19.8 Å². The third-order valence-electron chi connectivity index (χ3n) is 4.58. The number of ether oxygens (including phenoxy) is 1. The highest BCUT2D eigenvalue weighted by atomic mass is 19.1. The Balaban J connectivity index is 2.32. The second kappa shape index (κ2) is 6.83. The van der Waals surface area contributed by atoms with E-state index in [2.05, 4.69) is 0 Å². The highest BCUT2D eigenvalue weighted by Crippen LogP contribution is 2.36. The van der Waals surface area contributed by atoms with Crippen molar-refractivity contribution in [1.82, 2.24) is 4.57 Å². The molecular formula is C20H17F2NO4. The minimum absolute atomic E-state index is 0.0701. The predicted molar refractivity (Wildman–Crippen MR) is 94.9 cm³/mol. The molecule has 1 unspecified atom stereocenters. The number of carbonyl (C=O) groups is 2. The van der Waals surface area contributed by atoms with Crippen molar-refractivity contribution in [3.63, 3.8) is 0 Å². The summed E-state index contributed by atoms with van der Waals surface area (Å²) in [5, 5.41) is 10.1. The maximum absolute atomic E-state index is 14.0. The van der Waals surface area contributed by atoms with Gasteiger partial charge >= 0.3 is 5.97 Å². The molecule has 0 fully saturated rings. The predicted octanol–water partition coefficient (Wildman–Crippen LogP) is 3.90. The molecule has 1 heterocycles. The molecule has 0 saturated carbocycles. The van der Waals surface area contributed by atoms with Crippen LogP contribution in [0.1, 0.15) is 34.5 Å². The maximum atomic E-state index is 14.0. The Bertz CT molecular complexity index is 1070. The molecule has 3 aromatic rings. The van der Waals surface area contributed by atoms with E-state index >= 15 is 0 Å². The molecule has 0 aliphatic rings. The van der Waals surface area contributed by atoms with Crippen LogP contribution in [0.3, 0.4) is 0 Å². The second-order valence-corrected chi connectivity index (χ2v) is 6.22. The number of hydrogen-bond acceptors (Lipinski definition) is 4. The van der Waals surface area contributed by atoms with Crippen molar-refractivity contribution in [2.75, 3.05) is 7.11 Å². The lowest BCUT2D eigenvalue weighted by Gasteiger charge is -2.11. The van der Waals surface area contributed by atoms with Crippen LogP contribution >= 0.6 is 0 Å². The van der Waals surface area contributed by atoms with Crippen LogP contribution in [0.2, 0.25) is 0 Å². The fourth-order valence-electron chi connectivity index (χ4n) is 3.30. The summed E-state index contributed by atoms with van der Waals surface area (Å²) in [7, 11) is 1.24. The van der Waals surface area contributed by atoms with Gasteiger partial charge in [0, 0.05) is 22.7 Å². The highest BCUT2D eigenvalue weighted by Gasteiger charge is 2.28. The summed E-state index contributed by atoms with van der Waals surface area (Å²) in [4.78, 5) is 25.1. The van der Waals surface area contributed by atoms with Crippen molar-refractivity contribution in [3.8, 4) is 5.75 Å². The average molecular weight is 373 g/mol. The van der Waals surface area contributed by atoms with Crippen molar-refractivity contribution < 1.29 is 28.2 Å². The number of nitrogens with zero attached hydrogens (tertiary/aromatic N) is 1. The zero-order chi connectivity index (χ0) is 19.9. The number of esters is 1. The van der Waals surface area contributed by atoms with Gasteiger partial charge in [-0.05, 0) is 43.7 Å². The number of phenolic OH excluding ortho intramolecular Hbond substituents is 1. The first kappa shape index (κ1) is 18.6. The van der Waals surface area contributed by atoms with E-state index in [9.17, 15) is 23.5 Å². The number of halogens is 2. The molecule has 1 aromatic heterocycles. The Morgan fingerprint density at radius 2 is 1.89 bits per heavy atom. The molecule has 0 spiro atoms. The highest BCUT2D eigenvalue weighted by molar-refractivity contribution is 6.05. The number of aromatic hydroxyl groups is 1. The van der Waals surface area contributed by atoms with Gasteiger partial charge in [0.25, 0.3) is 5.91 Å². The Morgan fingerprint density at radius 1 is 1.19 bits per heavy atom. The number of rotatable bonds is 3. The molecule has 1 N–H and O–H groups in total. The minimum Gasteiger partial charge on any atom is -0.505 e. The first-order chi connectivity index (χ1) is 12.8. The van der Waals surface area contributed by atoms with Crippen molar-refractivity contribution in [3.05, 3.63) is 64.9 Å². The van der Waals surface area contributed by atoms with Crippen LogP contribution in [0.4, 0.5) is 8.78 Å². The van der Waals surface area contributed by atoms with Crippen LogP contribution in [0, 0.1) is 18.6 Å². The normalized spacial score (nSPS) is 12.2. The summed E-state index contributed by atoms with van der Waals surface area (Å²) in [6.07, 6.45) is 0. The van der Waals surface area contributed by atoms with Crippen LogP contribution in [0.25, 0.3) is 10.9 Å². The summed E-state index contributed by atoms with van der Waals surface area (Å²) < 4.78 is 33.5. The van der Waals surface area contributed by atoms with E-state index in [0.29, 0.717) is 16.6 Å². The van der Waals surface area contributed by atoms with Gasteiger partial charge in [0.2, 0.25) is 0 Å². The number of methoxy groups -OCH3 is 1. The molecule has 0 aliphatic carbocycles. The molecular weight excluding hydrogens is 356 g/mol. The Hall–Kier alpha value is -3.22. The number of carbonyl (C=O) groups excluding carboxylic acids is 2. The molecule has 7 heteroatoms. The zero-order valence-electron chi connectivity index (χ0n) is 14.9. The van der Waals surface area contributed by atoms with E-state index in [1.807, 2.05) is 0 Å². The largest absolute Gasteiger partial charge is 0.505 e.